The number of carboxylic acid groups (broad SMARTS) is 1. The van der Waals surface area contributed by atoms with E-state index in [1.54, 1.807) is 0 Å². The zero-order valence-corrected chi connectivity index (χ0v) is 11.8. The Bertz CT molecular complexity index is 577. The Balaban J connectivity index is 2.69. The van der Waals surface area contributed by atoms with Crippen molar-refractivity contribution in [2.45, 2.75) is 25.0 Å². The third-order valence-electron chi connectivity index (χ3n) is 2.82. The van der Waals surface area contributed by atoms with Gasteiger partial charge < -0.3 is 25.1 Å². The first-order chi connectivity index (χ1) is 10.5. The molecule has 2 atom stereocenters. The van der Waals surface area contributed by atoms with E-state index in [0.29, 0.717) is 11.8 Å². The average Bonchev–Trinajstić information content (AvgIpc) is 2.98. The van der Waals surface area contributed by atoms with Crippen LogP contribution in [0.1, 0.15) is 24.5 Å². The molecule has 22 heavy (non-hydrogen) atoms. The molecule has 118 valence electrons. The molecule has 0 fully saturated rings. The molecule has 0 aliphatic carbocycles. The number of nitrogens with zero attached hydrogens (tertiary/aromatic N) is 2. The third-order valence-corrected chi connectivity index (χ3v) is 2.82. The summed E-state index contributed by atoms with van der Waals surface area (Å²) in [5, 5.41) is 11.4. The molecule has 0 aromatic carbocycles. The highest BCUT2D eigenvalue weighted by molar-refractivity contribution is 6.25. The Morgan fingerprint density at radius 2 is 2.27 bits per heavy atom. The highest BCUT2D eigenvalue weighted by Crippen LogP contribution is 2.17. The summed E-state index contributed by atoms with van der Waals surface area (Å²) in [5.41, 5.74) is 8.64. The number of hydrogen-bond acceptors (Lipinski definition) is 5. The Labute approximate surface area is 125 Å². The van der Waals surface area contributed by atoms with Gasteiger partial charge in [-0.25, -0.2) is 4.79 Å². The standard InChI is InChI=1S/C13H15N3O6/c1-21-11(8-4-5-22-7-8)12(18)16-10(13(19)20)3-2-9(17)6-15-14/h4-7,10-11H,2-3H2,1H3,(H,16,18)(H,19,20)/t10-,11+/m0/s1. The number of carbonyl (C=O) groups is 3. The minimum absolute atomic E-state index is 0.145. The summed E-state index contributed by atoms with van der Waals surface area (Å²) in [7, 11) is 1.30. The lowest BCUT2D eigenvalue weighted by Gasteiger charge is -2.18. The van der Waals surface area contributed by atoms with E-state index in [4.69, 9.17) is 19.8 Å². The number of ether oxygens (including phenoxy) is 1. The van der Waals surface area contributed by atoms with Crippen LogP contribution in [0.25, 0.3) is 5.53 Å². The van der Waals surface area contributed by atoms with Crippen molar-refractivity contribution in [3.8, 4) is 0 Å². The number of carboxylic acids is 1. The van der Waals surface area contributed by atoms with Gasteiger partial charge in [-0.1, -0.05) is 0 Å². The number of methoxy groups -OCH3 is 1. The van der Waals surface area contributed by atoms with Gasteiger partial charge in [0.1, 0.15) is 6.04 Å². The number of amides is 1. The van der Waals surface area contributed by atoms with Crippen LogP contribution in [-0.4, -0.2) is 46.9 Å². The number of Topliss-reactive ketones (excluding diaryl/α,β-unsaturated/α-hetero) is 1. The fourth-order valence-corrected chi connectivity index (χ4v) is 1.74. The molecule has 1 amide bonds. The summed E-state index contributed by atoms with van der Waals surface area (Å²) in [6.45, 7) is 0. The van der Waals surface area contributed by atoms with Crippen LogP contribution in [-0.2, 0) is 19.1 Å². The minimum Gasteiger partial charge on any atom is -0.480 e. The molecule has 0 unspecified atom stereocenters. The molecule has 0 bridgehead atoms. The van der Waals surface area contributed by atoms with Crippen LogP contribution in [0.5, 0.6) is 0 Å². The lowest BCUT2D eigenvalue weighted by molar-refractivity contribution is -0.144. The molecule has 0 radical (unpaired) electrons. The molecule has 2 N–H and O–H groups in total. The van der Waals surface area contributed by atoms with Crippen molar-refractivity contribution in [2.24, 2.45) is 0 Å². The van der Waals surface area contributed by atoms with Crippen LogP contribution >= 0.6 is 0 Å². The van der Waals surface area contributed by atoms with Crippen molar-refractivity contribution in [1.29, 1.82) is 0 Å². The summed E-state index contributed by atoms with van der Waals surface area (Å²) in [5.74, 6) is -2.51. The number of aliphatic carboxylic acids is 1. The molecule has 0 aliphatic heterocycles. The zero-order valence-electron chi connectivity index (χ0n) is 11.8. The van der Waals surface area contributed by atoms with Crippen molar-refractivity contribution >= 4 is 23.9 Å². The van der Waals surface area contributed by atoms with Crippen molar-refractivity contribution in [2.75, 3.05) is 7.11 Å². The van der Waals surface area contributed by atoms with E-state index in [0.717, 1.165) is 0 Å². The van der Waals surface area contributed by atoms with E-state index in [1.807, 2.05) is 0 Å². The van der Waals surface area contributed by atoms with Crippen molar-refractivity contribution in [3.05, 3.63) is 29.7 Å². The molecular weight excluding hydrogens is 294 g/mol. The van der Waals surface area contributed by atoms with Crippen molar-refractivity contribution in [3.63, 3.8) is 0 Å². The van der Waals surface area contributed by atoms with Crippen LogP contribution in [0.2, 0.25) is 0 Å². The number of rotatable bonds is 9. The second-order valence-corrected chi connectivity index (χ2v) is 4.32. The van der Waals surface area contributed by atoms with E-state index >= 15 is 0 Å². The highest BCUT2D eigenvalue weighted by Gasteiger charge is 2.27. The van der Waals surface area contributed by atoms with Crippen LogP contribution in [0.4, 0.5) is 0 Å². The van der Waals surface area contributed by atoms with Crippen LogP contribution in [0.15, 0.2) is 23.0 Å². The van der Waals surface area contributed by atoms with Gasteiger partial charge in [-0.2, -0.15) is 4.79 Å². The molecule has 9 nitrogen and oxygen atoms in total. The SMILES string of the molecule is CO[C@@H](C(=O)N[C@@H](CCC(=O)C=[N+]=[N-])C(=O)O)c1ccoc1. The Morgan fingerprint density at radius 3 is 2.77 bits per heavy atom. The largest absolute Gasteiger partial charge is 0.480 e. The molecule has 0 spiro atoms. The Hall–Kier alpha value is -2.77. The molecule has 0 saturated carbocycles. The zero-order chi connectivity index (χ0) is 16.5. The first-order valence-electron chi connectivity index (χ1n) is 6.28. The predicted molar refractivity (Wildman–Crippen MR) is 71.9 cm³/mol. The fourth-order valence-electron chi connectivity index (χ4n) is 1.74. The van der Waals surface area contributed by atoms with E-state index < -0.39 is 29.8 Å². The van der Waals surface area contributed by atoms with Crippen LogP contribution < -0.4 is 5.32 Å². The topological polar surface area (TPSA) is 142 Å². The monoisotopic (exact) mass is 309 g/mol. The maximum Gasteiger partial charge on any atom is 0.326 e. The summed E-state index contributed by atoms with van der Waals surface area (Å²) in [4.78, 5) is 36.9. The molecule has 0 aliphatic rings. The van der Waals surface area contributed by atoms with E-state index in [9.17, 15) is 14.4 Å². The normalized spacial score (nSPS) is 12.8. The molecule has 1 aromatic heterocycles. The Morgan fingerprint density at radius 1 is 1.55 bits per heavy atom. The number of ketones is 1. The minimum atomic E-state index is -1.29. The van der Waals surface area contributed by atoms with Crippen molar-refractivity contribution < 1.29 is 33.4 Å². The van der Waals surface area contributed by atoms with Gasteiger partial charge in [-0.05, 0) is 12.5 Å². The summed E-state index contributed by atoms with van der Waals surface area (Å²) in [6, 6.07) is 0.248. The van der Waals surface area contributed by atoms with Gasteiger partial charge in [0, 0.05) is 19.1 Å². The third kappa shape index (κ3) is 4.97. The molecule has 1 heterocycles. The van der Waals surface area contributed by atoms with Crippen LogP contribution in [0, 0.1) is 0 Å². The predicted octanol–water partition coefficient (Wildman–Crippen LogP) is 0.186. The van der Waals surface area contributed by atoms with E-state index in [2.05, 4.69) is 10.1 Å². The number of carbonyl (C=O) groups excluding carboxylic acids is 2. The van der Waals surface area contributed by atoms with Crippen molar-refractivity contribution in [1.82, 2.24) is 5.32 Å². The smallest absolute Gasteiger partial charge is 0.326 e. The number of furan rings is 1. The molecule has 0 saturated heterocycles. The first-order valence-corrected chi connectivity index (χ1v) is 6.28. The van der Waals surface area contributed by atoms with E-state index in [1.165, 1.54) is 25.7 Å². The van der Waals surface area contributed by atoms with Gasteiger partial charge in [0.15, 0.2) is 6.10 Å². The second kappa shape index (κ2) is 8.50. The average molecular weight is 309 g/mol. The fraction of sp³-hybridized carbons (Fsp3) is 0.385. The molecular formula is C13H15N3O6. The summed E-state index contributed by atoms with van der Waals surface area (Å²) in [6.07, 6.45) is 1.99. The van der Waals surface area contributed by atoms with Gasteiger partial charge in [0.2, 0.25) is 5.78 Å². The van der Waals surface area contributed by atoms with Crippen LogP contribution in [0.3, 0.4) is 0 Å². The second-order valence-electron chi connectivity index (χ2n) is 4.32. The maximum absolute atomic E-state index is 12.1. The molecule has 1 rings (SSSR count). The van der Waals surface area contributed by atoms with Gasteiger partial charge in [0.05, 0.1) is 12.5 Å². The first kappa shape index (κ1) is 17.3. The summed E-state index contributed by atoms with van der Waals surface area (Å²) >= 11 is 0. The Kier molecular flexibility index (Phi) is 6.68. The number of nitrogens with one attached hydrogen (secondary N) is 1. The van der Waals surface area contributed by atoms with Gasteiger partial charge >= 0.3 is 12.2 Å². The van der Waals surface area contributed by atoms with Gasteiger partial charge in [-0.3, -0.25) is 9.59 Å². The molecule has 1 aromatic rings. The molecule has 9 heteroatoms. The lowest BCUT2D eigenvalue weighted by Crippen LogP contribution is -2.43. The number of hydrogen-bond donors (Lipinski definition) is 2. The van der Waals surface area contributed by atoms with Gasteiger partial charge in [-0.15, -0.1) is 0 Å². The lowest BCUT2D eigenvalue weighted by atomic mass is 10.1. The quantitative estimate of drug-likeness (QED) is 0.378. The maximum atomic E-state index is 12.1. The summed E-state index contributed by atoms with van der Waals surface area (Å²) < 4.78 is 9.86. The van der Waals surface area contributed by atoms with Gasteiger partial charge in [0.25, 0.3) is 5.91 Å². The highest BCUT2D eigenvalue weighted by atomic mass is 16.5. The van der Waals surface area contributed by atoms with E-state index in [-0.39, 0.29) is 12.8 Å².